The van der Waals surface area contributed by atoms with Gasteiger partial charge >= 0.3 is 0 Å². The van der Waals surface area contributed by atoms with E-state index in [1.165, 1.54) is 25.9 Å². The highest BCUT2D eigenvalue weighted by Gasteiger charge is 2.35. The number of furan rings is 1. The molecule has 0 unspecified atom stereocenters. The van der Waals surface area contributed by atoms with Crippen LogP contribution in [0.1, 0.15) is 23.4 Å². The lowest BCUT2D eigenvalue weighted by atomic mass is 9.84. The predicted molar refractivity (Wildman–Crippen MR) is 81.0 cm³/mol. The van der Waals surface area contributed by atoms with Crippen molar-refractivity contribution < 1.29 is 9.21 Å². The molecule has 3 aliphatic heterocycles. The van der Waals surface area contributed by atoms with Gasteiger partial charge in [0.25, 0.3) is 5.91 Å². The molecular formula is C16H19N3O2. The molecule has 0 aliphatic carbocycles. The van der Waals surface area contributed by atoms with E-state index in [4.69, 9.17) is 10.2 Å². The number of nitrogens with one attached hydrogen (secondary N) is 1. The van der Waals surface area contributed by atoms with Gasteiger partial charge in [-0.25, -0.2) is 0 Å². The van der Waals surface area contributed by atoms with Gasteiger partial charge in [0.2, 0.25) is 0 Å². The Labute approximate surface area is 123 Å². The fraction of sp³-hybridized carbons (Fsp3) is 0.438. The first-order valence-corrected chi connectivity index (χ1v) is 7.51. The van der Waals surface area contributed by atoms with Crippen LogP contribution < -0.4 is 11.1 Å². The van der Waals surface area contributed by atoms with Gasteiger partial charge in [-0.15, -0.1) is 0 Å². The lowest BCUT2D eigenvalue weighted by Gasteiger charge is -2.44. The number of nitrogen functional groups attached to an aromatic ring is 1. The molecule has 3 saturated heterocycles. The molecule has 0 saturated carbocycles. The third-order valence-electron chi connectivity index (χ3n) is 4.74. The second-order valence-electron chi connectivity index (χ2n) is 6.13. The molecule has 2 bridgehead atoms. The van der Waals surface area contributed by atoms with Crippen LogP contribution in [0.3, 0.4) is 0 Å². The van der Waals surface area contributed by atoms with Crippen LogP contribution in [-0.4, -0.2) is 36.5 Å². The van der Waals surface area contributed by atoms with Crippen molar-refractivity contribution in [3.05, 3.63) is 30.0 Å². The van der Waals surface area contributed by atoms with Crippen molar-refractivity contribution >= 4 is 22.6 Å². The molecule has 0 radical (unpaired) electrons. The lowest BCUT2D eigenvalue weighted by molar-refractivity contribution is 0.0607. The van der Waals surface area contributed by atoms with E-state index in [1.54, 1.807) is 18.2 Å². The van der Waals surface area contributed by atoms with Gasteiger partial charge in [0, 0.05) is 23.7 Å². The number of piperidine rings is 3. The van der Waals surface area contributed by atoms with Crippen LogP contribution in [0.5, 0.6) is 0 Å². The smallest absolute Gasteiger partial charge is 0.287 e. The zero-order valence-corrected chi connectivity index (χ0v) is 11.8. The molecule has 2 aromatic rings. The summed E-state index contributed by atoms with van der Waals surface area (Å²) in [5.41, 5.74) is 7.12. The molecule has 21 heavy (non-hydrogen) atoms. The summed E-state index contributed by atoms with van der Waals surface area (Å²) in [5.74, 6) is 0.856. The van der Waals surface area contributed by atoms with Gasteiger partial charge in [0.1, 0.15) is 5.58 Å². The van der Waals surface area contributed by atoms with Gasteiger partial charge in [0.05, 0.1) is 0 Å². The lowest BCUT2D eigenvalue weighted by Crippen LogP contribution is -2.57. The van der Waals surface area contributed by atoms with Gasteiger partial charge in [-0.3, -0.25) is 4.79 Å². The zero-order chi connectivity index (χ0) is 14.4. The Bertz CT molecular complexity index is 686. The maximum absolute atomic E-state index is 12.4. The zero-order valence-electron chi connectivity index (χ0n) is 11.8. The fourth-order valence-corrected chi connectivity index (χ4v) is 3.54. The third kappa shape index (κ3) is 2.27. The summed E-state index contributed by atoms with van der Waals surface area (Å²) in [4.78, 5) is 14.8. The van der Waals surface area contributed by atoms with E-state index in [9.17, 15) is 4.79 Å². The summed E-state index contributed by atoms with van der Waals surface area (Å²) < 4.78 is 5.63. The van der Waals surface area contributed by atoms with Gasteiger partial charge in [0.15, 0.2) is 5.76 Å². The molecular weight excluding hydrogens is 266 g/mol. The molecule has 110 valence electrons. The SMILES string of the molecule is Nc1ccc2oc(C(=O)N[C@H]3CN4CCC3CC4)cc2c1. The van der Waals surface area contributed by atoms with Crippen LogP contribution >= 0.6 is 0 Å². The Hall–Kier alpha value is -2.01. The first-order valence-electron chi connectivity index (χ1n) is 7.51. The average molecular weight is 285 g/mol. The van der Waals surface area contributed by atoms with Crippen molar-refractivity contribution in [3.8, 4) is 0 Å². The number of carbonyl (C=O) groups excluding carboxylic acids is 1. The predicted octanol–water partition coefficient (Wildman–Crippen LogP) is 1.84. The van der Waals surface area contributed by atoms with Gasteiger partial charge in [-0.05, 0) is 56.1 Å². The van der Waals surface area contributed by atoms with Crippen LogP contribution in [0.2, 0.25) is 0 Å². The maximum Gasteiger partial charge on any atom is 0.287 e. The standard InChI is InChI=1S/C16H19N3O2/c17-12-1-2-14-11(7-12)8-15(21-14)16(20)18-13-9-19-5-3-10(13)4-6-19/h1-2,7-8,10,13H,3-6,9,17H2,(H,18,20)/t13-/m0/s1. The summed E-state index contributed by atoms with van der Waals surface area (Å²) in [6, 6.07) is 7.42. The van der Waals surface area contributed by atoms with Crippen LogP contribution in [-0.2, 0) is 0 Å². The first kappa shape index (κ1) is 12.7. The number of rotatable bonds is 2. The Morgan fingerprint density at radius 2 is 2.10 bits per heavy atom. The van der Waals surface area contributed by atoms with Crippen molar-refractivity contribution in [2.24, 2.45) is 5.92 Å². The molecule has 5 nitrogen and oxygen atoms in total. The Balaban J connectivity index is 1.53. The molecule has 5 heteroatoms. The molecule has 1 amide bonds. The van der Waals surface area contributed by atoms with Crippen molar-refractivity contribution in [2.45, 2.75) is 18.9 Å². The van der Waals surface area contributed by atoms with E-state index in [0.717, 1.165) is 11.9 Å². The summed E-state index contributed by atoms with van der Waals surface area (Å²) in [6.07, 6.45) is 2.36. The minimum atomic E-state index is -0.122. The quantitative estimate of drug-likeness (QED) is 0.826. The topological polar surface area (TPSA) is 71.5 Å². The number of nitrogens with zero attached hydrogens (tertiary/aromatic N) is 1. The minimum Gasteiger partial charge on any atom is -0.451 e. The summed E-state index contributed by atoms with van der Waals surface area (Å²) >= 11 is 0. The molecule has 4 heterocycles. The fourth-order valence-electron chi connectivity index (χ4n) is 3.54. The molecule has 0 spiro atoms. The summed E-state index contributed by atoms with van der Waals surface area (Å²) in [7, 11) is 0. The van der Waals surface area contributed by atoms with Crippen molar-refractivity contribution in [2.75, 3.05) is 25.4 Å². The second kappa shape index (κ2) is 4.77. The van der Waals surface area contributed by atoms with Crippen LogP contribution in [0.4, 0.5) is 5.69 Å². The third-order valence-corrected chi connectivity index (χ3v) is 4.74. The number of amides is 1. The van der Waals surface area contributed by atoms with Crippen molar-refractivity contribution in [1.82, 2.24) is 10.2 Å². The number of hydrogen-bond acceptors (Lipinski definition) is 4. The largest absolute Gasteiger partial charge is 0.451 e. The molecule has 3 N–H and O–H groups in total. The highest BCUT2D eigenvalue weighted by atomic mass is 16.3. The Morgan fingerprint density at radius 1 is 1.29 bits per heavy atom. The second-order valence-corrected chi connectivity index (χ2v) is 6.13. The van der Waals surface area contributed by atoms with Crippen LogP contribution in [0.25, 0.3) is 11.0 Å². The van der Waals surface area contributed by atoms with Gasteiger partial charge in [-0.2, -0.15) is 0 Å². The normalized spacial score (nSPS) is 27.9. The molecule has 3 fully saturated rings. The minimum absolute atomic E-state index is 0.122. The molecule has 5 rings (SSSR count). The number of anilines is 1. The summed E-state index contributed by atoms with van der Waals surface area (Å²) in [6.45, 7) is 3.30. The number of fused-ring (bicyclic) bond motifs is 4. The van der Waals surface area contributed by atoms with Crippen molar-refractivity contribution in [1.29, 1.82) is 0 Å². The Kier molecular flexibility index (Phi) is 2.89. The number of hydrogen-bond donors (Lipinski definition) is 2. The van der Waals surface area contributed by atoms with E-state index >= 15 is 0 Å². The maximum atomic E-state index is 12.4. The number of carbonyl (C=O) groups is 1. The van der Waals surface area contributed by atoms with E-state index in [1.807, 2.05) is 6.07 Å². The highest BCUT2D eigenvalue weighted by molar-refractivity contribution is 5.96. The van der Waals surface area contributed by atoms with E-state index in [-0.39, 0.29) is 11.9 Å². The number of nitrogens with two attached hydrogens (primary N) is 1. The van der Waals surface area contributed by atoms with Crippen molar-refractivity contribution in [3.63, 3.8) is 0 Å². The molecule has 1 atom stereocenters. The molecule has 1 aromatic carbocycles. The summed E-state index contributed by atoms with van der Waals surface area (Å²) in [5, 5.41) is 4.01. The molecule has 3 aliphatic rings. The van der Waals surface area contributed by atoms with E-state index < -0.39 is 0 Å². The average Bonchev–Trinajstić information content (AvgIpc) is 2.91. The van der Waals surface area contributed by atoms with E-state index in [2.05, 4.69) is 10.2 Å². The van der Waals surface area contributed by atoms with Gasteiger partial charge in [-0.1, -0.05) is 0 Å². The monoisotopic (exact) mass is 285 g/mol. The van der Waals surface area contributed by atoms with Crippen LogP contribution in [0.15, 0.2) is 28.7 Å². The Morgan fingerprint density at radius 3 is 2.81 bits per heavy atom. The highest BCUT2D eigenvalue weighted by Crippen LogP contribution is 2.28. The van der Waals surface area contributed by atoms with Crippen LogP contribution in [0, 0.1) is 5.92 Å². The first-order chi connectivity index (χ1) is 10.2. The molecule has 1 aromatic heterocycles. The number of benzene rings is 1. The van der Waals surface area contributed by atoms with Gasteiger partial charge < -0.3 is 20.4 Å². The van der Waals surface area contributed by atoms with E-state index in [0.29, 0.717) is 22.9 Å².